The second kappa shape index (κ2) is 9.13. The minimum absolute atomic E-state index is 0.0455. The predicted molar refractivity (Wildman–Crippen MR) is 114 cm³/mol. The van der Waals surface area contributed by atoms with Gasteiger partial charge in [0.25, 0.3) is 5.91 Å². The molecule has 0 unspecified atom stereocenters. The Labute approximate surface area is 166 Å². The minimum atomic E-state index is -0.0455. The highest BCUT2D eigenvalue weighted by Crippen LogP contribution is 2.21. The zero-order chi connectivity index (χ0) is 19.9. The number of carbonyl (C=O) groups excluding carboxylic acids is 1. The summed E-state index contributed by atoms with van der Waals surface area (Å²) in [7, 11) is 0. The topological polar surface area (TPSA) is 66.9 Å². The van der Waals surface area contributed by atoms with Crippen molar-refractivity contribution in [2.24, 2.45) is 5.92 Å². The molecule has 28 heavy (non-hydrogen) atoms. The van der Waals surface area contributed by atoms with E-state index in [1.54, 1.807) is 6.33 Å². The van der Waals surface area contributed by atoms with Crippen molar-refractivity contribution in [3.63, 3.8) is 0 Å². The Balaban J connectivity index is 1.65. The van der Waals surface area contributed by atoms with Crippen LogP contribution in [0.1, 0.15) is 36.2 Å². The van der Waals surface area contributed by atoms with Gasteiger partial charge in [-0.3, -0.25) is 4.79 Å². The summed E-state index contributed by atoms with van der Waals surface area (Å²) < 4.78 is 0. The van der Waals surface area contributed by atoms with E-state index in [0.29, 0.717) is 23.8 Å². The maximum atomic E-state index is 12.2. The van der Waals surface area contributed by atoms with Crippen LogP contribution in [0.4, 0.5) is 11.5 Å². The lowest BCUT2D eigenvalue weighted by atomic mass is 10.1. The van der Waals surface area contributed by atoms with Gasteiger partial charge >= 0.3 is 0 Å². The number of nitrogens with zero attached hydrogens (tertiary/aromatic N) is 2. The number of aryl methyl sites for hydroxylation is 1. The van der Waals surface area contributed by atoms with Crippen molar-refractivity contribution >= 4 is 17.4 Å². The number of aromatic nitrogens is 2. The van der Waals surface area contributed by atoms with Crippen LogP contribution in [0, 0.1) is 12.8 Å². The van der Waals surface area contributed by atoms with Gasteiger partial charge in [-0.25, -0.2) is 9.97 Å². The van der Waals surface area contributed by atoms with E-state index in [4.69, 9.17) is 0 Å². The summed E-state index contributed by atoms with van der Waals surface area (Å²) in [6, 6.07) is 17.5. The van der Waals surface area contributed by atoms with Crippen molar-refractivity contribution in [3.05, 3.63) is 72.1 Å². The second-order valence-electron chi connectivity index (χ2n) is 7.30. The highest BCUT2D eigenvalue weighted by atomic mass is 16.1. The van der Waals surface area contributed by atoms with Crippen LogP contribution in [0.25, 0.3) is 11.3 Å². The zero-order valence-electron chi connectivity index (χ0n) is 16.6. The van der Waals surface area contributed by atoms with Crippen LogP contribution in [-0.4, -0.2) is 22.4 Å². The quantitative estimate of drug-likeness (QED) is 0.613. The van der Waals surface area contributed by atoms with Gasteiger partial charge in [-0.05, 0) is 43.5 Å². The van der Waals surface area contributed by atoms with Crippen LogP contribution in [0.3, 0.4) is 0 Å². The number of anilines is 2. The number of hydrogen-bond donors (Lipinski definition) is 2. The SMILES string of the molecule is Cc1ccc(-c2cc(Nc3ccc(C(=O)NCCC(C)C)cc3)ncn2)cc1. The number of rotatable bonds is 7. The van der Waals surface area contributed by atoms with E-state index in [1.165, 1.54) is 5.56 Å². The molecule has 3 rings (SSSR count). The highest BCUT2D eigenvalue weighted by Gasteiger charge is 2.06. The van der Waals surface area contributed by atoms with Crippen molar-refractivity contribution < 1.29 is 4.79 Å². The molecule has 0 aliphatic heterocycles. The van der Waals surface area contributed by atoms with E-state index in [1.807, 2.05) is 42.5 Å². The molecular formula is C23H26N4O. The lowest BCUT2D eigenvalue weighted by Crippen LogP contribution is -2.25. The van der Waals surface area contributed by atoms with Crippen LogP contribution in [-0.2, 0) is 0 Å². The molecule has 0 saturated carbocycles. The maximum absolute atomic E-state index is 12.2. The van der Waals surface area contributed by atoms with E-state index in [9.17, 15) is 4.79 Å². The highest BCUT2D eigenvalue weighted by molar-refractivity contribution is 5.94. The lowest BCUT2D eigenvalue weighted by Gasteiger charge is -2.09. The fourth-order valence-electron chi connectivity index (χ4n) is 2.74. The third-order valence-electron chi connectivity index (χ3n) is 4.44. The summed E-state index contributed by atoms with van der Waals surface area (Å²) in [4.78, 5) is 20.8. The largest absolute Gasteiger partial charge is 0.352 e. The molecule has 144 valence electrons. The molecule has 0 fully saturated rings. The summed E-state index contributed by atoms with van der Waals surface area (Å²) in [5, 5.41) is 6.22. The molecule has 3 aromatic rings. The molecule has 2 N–H and O–H groups in total. The Hall–Kier alpha value is -3.21. The molecule has 1 aromatic heterocycles. The van der Waals surface area contributed by atoms with Crippen LogP contribution in [0.5, 0.6) is 0 Å². The number of hydrogen-bond acceptors (Lipinski definition) is 4. The molecule has 0 aliphatic rings. The van der Waals surface area contributed by atoms with Crippen LogP contribution in [0.15, 0.2) is 60.9 Å². The fraction of sp³-hybridized carbons (Fsp3) is 0.261. The van der Waals surface area contributed by atoms with Crippen molar-refractivity contribution in [1.82, 2.24) is 15.3 Å². The van der Waals surface area contributed by atoms with E-state index < -0.39 is 0 Å². The van der Waals surface area contributed by atoms with Crippen LogP contribution < -0.4 is 10.6 Å². The maximum Gasteiger partial charge on any atom is 0.251 e. The van der Waals surface area contributed by atoms with Crippen molar-refractivity contribution in [2.75, 3.05) is 11.9 Å². The summed E-state index contributed by atoms with van der Waals surface area (Å²) in [5.41, 5.74) is 4.64. The minimum Gasteiger partial charge on any atom is -0.352 e. The Bertz CT molecular complexity index is 918. The summed E-state index contributed by atoms with van der Waals surface area (Å²) in [6.45, 7) is 7.04. The molecular weight excluding hydrogens is 348 g/mol. The predicted octanol–water partition coefficient (Wildman–Crippen LogP) is 4.97. The Morgan fingerprint density at radius 2 is 1.71 bits per heavy atom. The first kappa shape index (κ1) is 19.5. The molecule has 1 amide bonds. The first-order chi connectivity index (χ1) is 13.5. The average molecular weight is 374 g/mol. The Morgan fingerprint density at radius 1 is 1.00 bits per heavy atom. The molecule has 0 aliphatic carbocycles. The molecule has 0 bridgehead atoms. The van der Waals surface area contributed by atoms with Gasteiger partial charge in [0.2, 0.25) is 0 Å². The van der Waals surface area contributed by atoms with E-state index in [-0.39, 0.29) is 5.91 Å². The van der Waals surface area contributed by atoms with Crippen molar-refractivity contribution in [2.45, 2.75) is 27.2 Å². The van der Waals surface area contributed by atoms with Crippen molar-refractivity contribution in [3.8, 4) is 11.3 Å². The average Bonchev–Trinajstić information content (AvgIpc) is 2.69. The normalized spacial score (nSPS) is 10.7. The first-order valence-corrected chi connectivity index (χ1v) is 9.55. The van der Waals surface area contributed by atoms with Gasteiger partial charge in [0.1, 0.15) is 12.1 Å². The molecule has 0 saturated heterocycles. The van der Waals surface area contributed by atoms with Gasteiger partial charge in [0, 0.05) is 29.4 Å². The summed E-state index contributed by atoms with van der Waals surface area (Å²) >= 11 is 0. The van der Waals surface area contributed by atoms with Gasteiger partial charge in [0.05, 0.1) is 5.69 Å². The van der Waals surface area contributed by atoms with E-state index >= 15 is 0 Å². The van der Waals surface area contributed by atoms with Gasteiger partial charge in [-0.2, -0.15) is 0 Å². The van der Waals surface area contributed by atoms with Gasteiger partial charge in [0.15, 0.2) is 0 Å². The second-order valence-corrected chi connectivity index (χ2v) is 7.30. The number of nitrogens with one attached hydrogen (secondary N) is 2. The Kier molecular flexibility index (Phi) is 6.37. The third kappa shape index (κ3) is 5.39. The molecule has 0 atom stereocenters. The smallest absolute Gasteiger partial charge is 0.251 e. The van der Waals surface area contributed by atoms with E-state index in [2.05, 4.69) is 53.5 Å². The third-order valence-corrected chi connectivity index (χ3v) is 4.44. The van der Waals surface area contributed by atoms with Crippen molar-refractivity contribution in [1.29, 1.82) is 0 Å². The van der Waals surface area contributed by atoms with Gasteiger partial charge in [-0.15, -0.1) is 0 Å². The van der Waals surface area contributed by atoms with Crippen LogP contribution in [0.2, 0.25) is 0 Å². The van der Waals surface area contributed by atoms with E-state index in [0.717, 1.165) is 23.4 Å². The fourth-order valence-corrected chi connectivity index (χ4v) is 2.74. The first-order valence-electron chi connectivity index (χ1n) is 9.55. The van der Waals surface area contributed by atoms with Gasteiger partial charge < -0.3 is 10.6 Å². The Morgan fingerprint density at radius 3 is 2.39 bits per heavy atom. The number of amides is 1. The monoisotopic (exact) mass is 374 g/mol. The lowest BCUT2D eigenvalue weighted by molar-refractivity contribution is 0.0952. The summed E-state index contributed by atoms with van der Waals surface area (Å²) in [6.07, 6.45) is 2.52. The molecule has 0 spiro atoms. The molecule has 5 nitrogen and oxygen atoms in total. The zero-order valence-corrected chi connectivity index (χ0v) is 16.6. The molecule has 0 radical (unpaired) electrons. The van der Waals surface area contributed by atoms with Crippen LogP contribution >= 0.6 is 0 Å². The molecule has 2 aromatic carbocycles. The number of benzene rings is 2. The summed E-state index contributed by atoms with van der Waals surface area (Å²) in [5.74, 6) is 1.24. The molecule has 1 heterocycles. The molecule has 5 heteroatoms. The van der Waals surface area contributed by atoms with Gasteiger partial charge in [-0.1, -0.05) is 43.7 Å². The standard InChI is InChI=1S/C23H26N4O/c1-16(2)12-13-24-23(28)19-8-10-20(11-9-19)27-22-14-21(25-15-26-22)18-6-4-17(3)5-7-18/h4-11,14-16H,12-13H2,1-3H3,(H,24,28)(H,25,26,27). The number of carbonyl (C=O) groups is 1.